The van der Waals surface area contributed by atoms with Crippen LogP contribution in [0.25, 0.3) is 135 Å². The molecule has 4 heterocycles. The Bertz CT molecular complexity index is 6350. The molecule has 106 heavy (non-hydrogen) atoms. The second-order valence-corrected chi connectivity index (χ2v) is 27.7. The molecule has 0 fully saturated rings. The number of rotatable bonds is 10. The molecule has 6 heteroatoms. The molecule has 2 aliphatic carbocycles. The summed E-state index contributed by atoms with van der Waals surface area (Å²) in [6, 6.07) is 134. The maximum Gasteiger partial charge on any atom is 0.160 e. The summed E-state index contributed by atoms with van der Waals surface area (Å²) in [5.74, 6) is 4.64. The van der Waals surface area contributed by atoms with Crippen LogP contribution in [-0.2, 0) is 10.8 Å². The van der Waals surface area contributed by atoms with E-state index in [1.165, 1.54) is 44.5 Å². The van der Waals surface area contributed by atoms with Crippen molar-refractivity contribution in [1.82, 2.24) is 19.9 Å². The van der Waals surface area contributed by atoms with Crippen molar-refractivity contribution >= 4 is 0 Å². The number of nitrogens with zero attached hydrogens (tertiary/aromatic N) is 4. The summed E-state index contributed by atoms with van der Waals surface area (Å²) in [4.78, 5) is 21.5. The summed E-state index contributed by atoms with van der Waals surface area (Å²) in [6.45, 7) is 0. The molecule has 17 aromatic rings. The molecule has 0 radical (unpaired) electrons. The van der Waals surface area contributed by atoms with Crippen molar-refractivity contribution in [1.29, 1.82) is 0 Å². The van der Waals surface area contributed by atoms with Crippen molar-refractivity contribution in [2.75, 3.05) is 0 Å². The fraction of sp³-hybridized carbons (Fsp3) is 0.0200. The van der Waals surface area contributed by atoms with Gasteiger partial charge in [-0.05, 0) is 108 Å². The molecule has 2 aliphatic heterocycles. The van der Waals surface area contributed by atoms with Gasteiger partial charge in [0.25, 0.3) is 0 Å². The van der Waals surface area contributed by atoms with Crippen molar-refractivity contribution in [3.63, 3.8) is 0 Å². The Morgan fingerprint density at radius 3 is 1.03 bits per heavy atom. The van der Waals surface area contributed by atoms with Crippen LogP contribution >= 0.6 is 0 Å². The average Bonchev–Trinajstić information content (AvgIpc) is 1.50. The Hall–Kier alpha value is -13.9. The van der Waals surface area contributed by atoms with Crippen LogP contribution in [0, 0.1) is 0 Å². The second-order valence-electron chi connectivity index (χ2n) is 27.7. The van der Waals surface area contributed by atoms with Gasteiger partial charge in [0.15, 0.2) is 11.6 Å². The molecule has 6 nitrogen and oxygen atoms in total. The van der Waals surface area contributed by atoms with Crippen molar-refractivity contribution in [3.8, 4) is 158 Å². The van der Waals surface area contributed by atoms with Crippen LogP contribution in [0.4, 0.5) is 0 Å². The van der Waals surface area contributed by atoms with Crippen LogP contribution < -0.4 is 9.47 Å². The molecule has 4 aliphatic rings. The van der Waals surface area contributed by atoms with E-state index in [0.717, 1.165) is 146 Å². The highest BCUT2D eigenvalue weighted by atomic mass is 16.5. The zero-order valence-corrected chi connectivity index (χ0v) is 57.4. The quantitative estimate of drug-likeness (QED) is 0.136. The molecule has 1 atom stereocenters. The van der Waals surface area contributed by atoms with Crippen LogP contribution in [0.3, 0.4) is 0 Å². The minimum Gasteiger partial charge on any atom is -0.456 e. The van der Waals surface area contributed by atoms with Crippen LogP contribution in [-0.4, -0.2) is 19.9 Å². The van der Waals surface area contributed by atoms with E-state index in [1.807, 2.05) is 12.1 Å². The summed E-state index contributed by atoms with van der Waals surface area (Å²) in [6.07, 6.45) is 0. The highest BCUT2D eigenvalue weighted by molar-refractivity contribution is 5.99. The molecule has 0 N–H and O–H groups in total. The molecule has 2 aromatic heterocycles. The van der Waals surface area contributed by atoms with Crippen LogP contribution in [0.2, 0.25) is 0 Å². The summed E-state index contributed by atoms with van der Waals surface area (Å²) in [5, 5.41) is 0. The molecule has 0 bridgehead atoms. The van der Waals surface area contributed by atoms with Gasteiger partial charge in [0, 0.05) is 66.8 Å². The third kappa shape index (κ3) is 9.37. The molecule has 2 spiro atoms. The second kappa shape index (κ2) is 24.4. The minimum atomic E-state index is -0.742. The van der Waals surface area contributed by atoms with Crippen LogP contribution in [0.15, 0.2) is 376 Å². The summed E-state index contributed by atoms with van der Waals surface area (Å²) in [7, 11) is 0. The van der Waals surface area contributed by atoms with E-state index >= 15 is 0 Å². The molecular formula is C100H62N4O2. The van der Waals surface area contributed by atoms with Gasteiger partial charge in [0.05, 0.1) is 33.6 Å². The van der Waals surface area contributed by atoms with E-state index in [-0.39, 0.29) is 0 Å². The molecular weight excluding hydrogens is 1290 g/mol. The summed E-state index contributed by atoms with van der Waals surface area (Å²) >= 11 is 0. The summed E-state index contributed by atoms with van der Waals surface area (Å²) < 4.78 is 14.4. The standard InChI is InChI=1S/C100H62N4O2/c1-4-26-63(27-5-1)72-34-10-11-37-78(72)91-62-89(67-30-8-3-9-31-67)102-98(104-91)69-58-54-65(55-59-69)75-41-25-49-87-96(75)106-93-51-21-19-46-84(93)100(87)82-44-17-14-38-79(82)94-73(39-23-47-85(94)100)70-32-22-33-71(60-70)90-61-88(66-28-6-2-7-29-66)101-97(103-90)68-56-52-64(53-57-68)74-40-24-48-86-95(74)105-92-50-20-18-45-83(92)99(86)80-42-15-12-35-76(80)77-36-13-16-43-81(77)99/h1-62H. The molecule has 0 amide bonds. The Kier molecular flexibility index (Phi) is 14.0. The van der Waals surface area contributed by atoms with Gasteiger partial charge in [0.2, 0.25) is 0 Å². The number of benzene rings is 15. The molecule has 0 saturated carbocycles. The number of aromatic nitrogens is 4. The number of fused-ring (bicyclic) bond motifs is 18. The predicted molar refractivity (Wildman–Crippen MR) is 427 cm³/mol. The average molecular weight is 1350 g/mol. The zero-order chi connectivity index (χ0) is 69.9. The molecule has 15 aromatic carbocycles. The molecule has 1 unspecified atom stereocenters. The lowest BCUT2D eigenvalue weighted by Crippen LogP contribution is -2.32. The normalized spacial score (nSPS) is 14.1. The van der Waals surface area contributed by atoms with Crippen molar-refractivity contribution < 1.29 is 9.47 Å². The third-order valence-corrected chi connectivity index (χ3v) is 22.1. The van der Waals surface area contributed by atoms with E-state index in [0.29, 0.717) is 11.6 Å². The first kappa shape index (κ1) is 60.8. The largest absolute Gasteiger partial charge is 0.456 e. The summed E-state index contributed by atoms with van der Waals surface area (Å²) in [5.41, 5.74) is 30.7. The smallest absolute Gasteiger partial charge is 0.160 e. The number of ether oxygens (including phenoxy) is 2. The lowest BCUT2D eigenvalue weighted by Gasteiger charge is -2.40. The Balaban J connectivity index is 0.652. The van der Waals surface area contributed by atoms with Gasteiger partial charge in [-0.2, -0.15) is 0 Å². The first-order valence-electron chi connectivity index (χ1n) is 36.2. The third-order valence-electron chi connectivity index (χ3n) is 22.1. The maximum absolute atomic E-state index is 7.29. The van der Waals surface area contributed by atoms with Crippen LogP contribution in [0.1, 0.15) is 44.5 Å². The molecule has 21 rings (SSSR count). The van der Waals surface area contributed by atoms with Crippen molar-refractivity contribution in [2.24, 2.45) is 0 Å². The maximum atomic E-state index is 7.29. The van der Waals surface area contributed by atoms with Gasteiger partial charge >= 0.3 is 0 Å². The van der Waals surface area contributed by atoms with Gasteiger partial charge in [-0.15, -0.1) is 0 Å². The lowest BCUT2D eigenvalue weighted by molar-refractivity contribution is 0.438. The van der Waals surface area contributed by atoms with E-state index < -0.39 is 10.8 Å². The molecule has 0 saturated heterocycles. The number of para-hydroxylation sites is 4. The molecule has 494 valence electrons. The minimum absolute atomic E-state index is 0.565. The highest BCUT2D eigenvalue weighted by Gasteiger charge is 2.53. The first-order chi connectivity index (χ1) is 52.5. The lowest BCUT2D eigenvalue weighted by atomic mass is 9.65. The Morgan fingerprint density at radius 1 is 0.179 bits per heavy atom. The Labute approximate surface area is 614 Å². The SMILES string of the molecule is c1ccc(-c2cc(-c3cccc(-c4cccc5c4-c4ccccc4C54c5ccccc5Oc5c(-c6ccc(-c7nc(-c8ccccc8)cc(-c8ccccc8-c8ccccc8)n7)cc6)cccc54)c3)nc(-c3ccc(-c4cccc5c4Oc4ccccc4C54c5ccccc5-c5ccccc54)cc3)n2)cc1. The topological polar surface area (TPSA) is 70.0 Å². The first-order valence-corrected chi connectivity index (χ1v) is 36.2. The van der Waals surface area contributed by atoms with Crippen molar-refractivity contribution in [2.45, 2.75) is 10.8 Å². The predicted octanol–water partition coefficient (Wildman–Crippen LogP) is 24.9. The van der Waals surface area contributed by atoms with E-state index in [9.17, 15) is 0 Å². The monoisotopic (exact) mass is 1350 g/mol. The van der Waals surface area contributed by atoms with Gasteiger partial charge in [-0.25, -0.2) is 19.9 Å². The Morgan fingerprint density at radius 2 is 0.500 bits per heavy atom. The fourth-order valence-corrected chi connectivity index (χ4v) is 17.5. The van der Waals surface area contributed by atoms with E-state index in [4.69, 9.17) is 29.4 Å². The number of hydrogen-bond acceptors (Lipinski definition) is 6. The van der Waals surface area contributed by atoms with Gasteiger partial charge < -0.3 is 9.47 Å². The van der Waals surface area contributed by atoms with E-state index in [2.05, 4.69) is 364 Å². The van der Waals surface area contributed by atoms with Gasteiger partial charge in [0.1, 0.15) is 23.0 Å². The zero-order valence-electron chi connectivity index (χ0n) is 57.4. The van der Waals surface area contributed by atoms with Crippen molar-refractivity contribution in [3.05, 3.63) is 421 Å². The number of hydrogen-bond donors (Lipinski definition) is 0. The van der Waals surface area contributed by atoms with Crippen LogP contribution in [0.5, 0.6) is 23.0 Å². The fourth-order valence-electron chi connectivity index (χ4n) is 17.5. The van der Waals surface area contributed by atoms with E-state index in [1.54, 1.807) is 0 Å². The highest BCUT2D eigenvalue weighted by Crippen LogP contribution is 2.66. The van der Waals surface area contributed by atoms with Gasteiger partial charge in [-0.3, -0.25) is 0 Å². The van der Waals surface area contributed by atoms with Gasteiger partial charge in [-0.1, -0.05) is 346 Å².